The zero-order valence-electron chi connectivity index (χ0n) is 20.2. The maximum absolute atomic E-state index is 14.6. The van der Waals surface area contributed by atoms with Crippen molar-refractivity contribution in [2.45, 2.75) is 57.4 Å². The van der Waals surface area contributed by atoms with Crippen LogP contribution >= 0.6 is 0 Å². The summed E-state index contributed by atoms with van der Waals surface area (Å²) in [5.74, 6) is -3.60. The van der Waals surface area contributed by atoms with Crippen molar-refractivity contribution in [3.63, 3.8) is 0 Å². The lowest BCUT2D eigenvalue weighted by Gasteiger charge is -2.32. The molecule has 2 atom stereocenters. The first kappa shape index (κ1) is 24.3. The van der Waals surface area contributed by atoms with Crippen molar-refractivity contribution in [2.24, 2.45) is 5.41 Å². The average Bonchev–Trinajstić information content (AvgIpc) is 3.46. The Morgan fingerprint density at radius 3 is 2.68 bits per heavy atom. The Bertz CT molecular complexity index is 1150. The van der Waals surface area contributed by atoms with E-state index < -0.39 is 17.3 Å². The van der Waals surface area contributed by atoms with Crippen LogP contribution in [0.25, 0.3) is 10.9 Å². The fraction of sp³-hybridized carbons (Fsp3) is 0.500. The van der Waals surface area contributed by atoms with Crippen molar-refractivity contribution in [2.75, 3.05) is 20.6 Å². The van der Waals surface area contributed by atoms with Gasteiger partial charge in [0.05, 0.1) is 11.7 Å². The number of nitrogens with one attached hydrogen (secondary N) is 2. The third-order valence-corrected chi connectivity index (χ3v) is 7.28. The Hall–Kier alpha value is -2.87. The van der Waals surface area contributed by atoms with Gasteiger partial charge < -0.3 is 10.2 Å². The highest BCUT2D eigenvalue weighted by molar-refractivity contribution is 5.78. The van der Waals surface area contributed by atoms with E-state index in [-0.39, 0.29) is 18.4 Å². The number of hydrogen-bond acceptors (Lipinski definition) is 4. The van der Waals surface area contributed by atoms with Crippen LogP contribution in [0.1, 0.15) is 48.9 Å². The number of H-pyrrole nitrogens is 1. The van der Waals surface area contributed by atoms with Crippen molar-refractivity contribution in [3.8, 4) is 0 Å². The van der Waals surface area contributed by atoms with E-state index in [2.05, 4.69) is 37.5 Å². The van der Waals surface area contributed by atoms with Crippen LogP contribution in [-0.4, -0.2) is 58.6 Å². The molecule has 1 fully saturated rings. The van der Waals surface area contributed by atoms with Crippen molar-refractivity contribution < 1.29 is 13.6 Å². The van der Waals surface area contributed by atoms with Crippen LogP contribution in [0, 0.1) is 12.3 Å². The molecule has 4 rings (SSSR count). The summed E-state index contributed by atoms with van der Waals surface area (Å²) in [4.78, 5) is 19.3. The van der Waals surface area contributed by atoms with Crippen molar-refractivity contribution in [3.05, 3.63) is 59.5 Å². The van der Waals surface area contributed by atoms with Gasteiger partial charge in [0.2, 0.25) is 5.91 Å². The lowest BCUT2D eigenvalue weighted by molar-refractivity contribution is -0.123. The number of carbonyl (C=O) groups is 1. The Labute approximate surface area is 199 Å². The molecule has 1 aliphatic carbocycles. The number of carbonyl (C=O) groups excluding carboxylic acids is 1. The highest BCUT2D eigenvalue weighted by Gasteiger charge is 2.63. The molecule has 2 aromatic heterocycles. The van der Waals surface area contributed by atoms with Crippen LogP contribution in [0.2, 0.25) is 0 Å². The molecule has 3 aromatic rings. The van der Waals surface area contributed by atoms with Gasteiger partial charge in [-0.25, -0.2) is 8.78 Å². The van der Waals surface area contributed by atoms with Crippen molar-refractivity contribution in [1.29, 1.82) is 0 Å². The third-order valence-electron chi connectivity index (χ3n) is 7.28. The summed E-state index contributed by atoms with van der Waals surface area (Å²) < 4.78 is 29.3. The van der Waals surface area contributed by atoms with Gasteiger partial charge in [-0.05, 0) is 82.6 Å². The minimum absolute atomic E-state index is 0.0357. The van der Waals surface area contributed by atoms with Gasteiger partial charge in [-0.2, -0.15) is 5.10 Å². The Balaban J connectivity index is 1.45. The number of halogens is 2. The highest BCUT2D eigenvalue weighted by atomic mass is 19.3. The van der Waals surface area contributed by atoms with Gasteiger partial charge in [-0.1, -0.05) is 6.07 Å². The lowest BCUT2D eigenvalue weighted by Crippen LogP contribution is -2.43. The summed E-state index contributed by atoms with van der Waals surface area (Å²) in [5, 5.41) is 11.1. The molecule has 2 heterocycles. The maximum Gasteiger partial charge on any atom is 0.251 e. The zero-order valence-corrected chi connectivity index (χ0v) is 20.2. The second kappa shape index (κ2) is 9.41. The third kappa shape index (κ3) is 5.12. The van der Waals surface area contributed by atoms with Crippen molar-refractivity contribution >= 4 is 16.8 Å². The number of alkyl halides is 2. The number of benzene rings is 1. The normalized spacial score (nSPS) is 17.0. The minimum Gasteiger partial charge on any atom is -0.355 e. The van der Waals surface area contributed by atoms with Crippen LogP contribution in [0.15, 0.2) is 42.7 Å². The molecule has 1 aromatic carbocycles. The summed E-state index contributed by atoms with van der Waals surface area (Å²) >= 11 is 0. The number of rotatable bonds is 10. The Kier molecular flexibility index (Phi) is 6.71. The fourth-order valence-electron chi connectivity index (χ4n) is 4.96. The van der Waals surface area contributed by atoms with E-state index in [1.807, 2.05) is 33.2 Å². The summed E-state index contributed by atoms with van der Waals surface area (Å²) in [5.41, 5.74) is 2.49. The molecule has 0 saturated heterocycles. The Morgan fingerprint density at radius 2 is 2.03 bits per heavy atom. The van der Waals surface area contributed by atoms with Gasteiger partial charge in [-0.15, -0.1) is 0 Å². The van der Waals surface area contributed by atoms with Crippen LogP contribution in [0.3, 0.4) is 0 Å². The second-order valence-electron chi connectivity index (χ2n) is 9.95. The van der Waals surface area contributed by atoms with Gasteiger partial charge in [0.25, 0.3) is 5.92 Å². The predicted molar refractivity (Wildman–Crippen MR) is 129 cm³/mol. The second-order valence-corrected chi connectivity index (χ2v) is 9.95. The van der Waals surface area contributed by atoms with E-state index in [1.165, 1.54) is 0 Å². The summed E-state index contributed by atoms with van der Waals surface area (Å²) in [6, 6.07) is 9.83. The smallest absolute Gasteiger partial charge is 0.251 e. The first-order valence-electron chi connectivity index (χ1n) is 11.7. The van der Waals surface area contributed by atoms with E-state index in [4.69, 9.17) is 0 Å². The SMILES string of the molecule is Cc1cc([C@@H](CC(=O)NC[C@H](Cc2ccc3[nH]ncc3c2)N(C)C)C2(C(C)(F)F)CC2)ccn1. The van der Waals surface area contributed by atoms with E-state index in [9.17, 15) is 13.6 Å². The van der Waals surface area contributed by atoms with Crippen LogP contribution in [0.4, 0.5) is 8.78 Å². The molecule has 6 nitrogen and oxygen atoms in total. The van der Waals surface area contributed by atoms with Gasteiger partial charge in [-0.3, -0.25) is 14.9 Å². The van der Waals surface area contributed by atoms with Gasteiger partial charge in [0.15, 0.2) is 0 Å². The van der Waals surface area contributed by atoms with Crippen LogP contribution < -0.4 is 5.32 Å². The quantitative estimate of drug-likeness (QED) is 0.460. The average molecular weight is 470 g/mol. The maximum atomic E-state index is 14.6. The van der Waals surface area contributed by atoms with Crippen molar-refractivity contribution in [1.82, 2.24) is 25.4 Å². The van der Waals surface area contributed by atoms with Gasteiger partial charge >= 0.3 is 0 Å². The number of fused-ring (bicyclic) bond motifs is 1. The topological polar surface area (TPSA) is 73.9 Å². The number of nitrogens with zero attached hydrogens (tertiary/aromatic N) is 3. The Morgan fingerprint density at radius 1 is 1.26 bits per heavy atom. The van der Waals surface area contributed by atoms with E-state index in [1.54, 1.807) is 18.5 Å². The molecule has 0 aliphatic heterocycles. The molecular weight excluding hydrogens is 436 g/mol. The van der Waals surface area contributed by atoms with Crippen LogP contribution in [0.5, 0.6) is 0 Å². The first-order valence-corrected chi connectivity index (χ1v) is 11.7. The number of aromatic nitrogens is 3. The van der Waals surface area contributed by atoms with E-state index in [0.29, 0.717) is 19.4 Å². The number of amides is 1. The molecule has 1 amide bonds. The molecule has 0 spiro atoms. The zero-order chi connectivity index (χ0) is 24.5. The highest BCUT2D eigenvalue weighted by Crippen LogP contribution is 2.65. The number of pyridine rings is 1. The number of aromatic amines is 1. The minimum atomic E-state index is -2.85. The predicted octanol–water partition coefficient (Wildman–Crippen LogP) is 4.46. The first-order chi connectivity index (χ1) is 16.1. The monoisotopic (exact) mass is 469 g/mol. The molecule has 0 bridgehead atoms. The summed E-state index contributed by atoms with van der Waals surface area (Å²) in [7, 11) is 3.96. The van der Waals surface area contributed by atoms with Crippen LogP contribution in [-0.2, 0) is 11.2 Å². The molecule has 0 radical (unpaired) electrons. The molecule has 2 N–H and O–H groups in total. The number of hydrogen-bond donors (Lipinski definition) is 2. The molecule has 1 aliphatic rings. The van der Waals surface area contributed by atoms with E-state index >= 15 is 0 Å². The molecule has 8 heteroatoms. The molecule has 0 unspecified atom stereocenters. The lowest BCUT2D eigenvalue weighted by atomic mass is 9.77. The standard InChI is InChI=1S/C26H33F2N5O/c1-17-11-19(7-10-29-17)22(26(8-9-26)25(2,27)28)14-24(34)30-16-21(33(3)4)13-18-5-6-23-20(12-18)15-31-32-23/h5-7,10-12,15,21-22H,8-9,13-14,16H2,1-4H3,(H,30,34)(H,31,32)/t21-,22+/m0/s1. The largest absolute Gasteiger partial charge is 0.355 e. The number of likely N-dealkylation sites (N-methyl/N-ethyl adjacent to an activating group) is 1. The molecule has 1 saturated carbocycles. The van der Waals surface area contributed by atoms with E-state index in [0.717, 1.165) is 41.1 Å². The summed E-state index contributed by atoms with van der Waals surface area (Å²) in [6.07, 6.45) is 5.06. The number of aryl methyl sites for hydroxylation is 1. The summed E-state index contributed by atoms with van der Waals surface area (Å²) in [6.45, 7) is 3.26. The molecule has 34 heavy (non-hydrogen) atoms. The molecule has 182 valence electrons. The van der Waals surface area contributed by atoms with Gasteiger partial charge in [0, 0.05) is 47.6 Å². The molecular formula is C26H33F2N5O. The van der Waals surface area contributed by atoms with Gasteiger partial charge in [0.1, 0.15) is 0 Å². The fourth-order valence-corrected chi connectivity index (χ4v) is 4.96.